The number of amides is 1. The van der Waals surface area contributed by atoms with E-state index in [1.807, 2.05) is 58.1 Å². The molecule has 5 nitrogen and oxygen atoms in total. The minimum absolute atomic E-state index is 0.0726. The Morgan fingerprint density at radius 1 is 0.900 bits per heavy atom. The summed E-state index contributed by atoms with van der Waals surface area (Å²) in [5.74, 6) is 0.684. The van der Waals surface area contributed by atoms with Crippen molar-refractivity contribution in [3.8, 4) is 11.1 Å². The molecule has 1 aromatic carbocycles. The quantitative estimate of drug-likeness (QED) is 0.670. The zero-order valence-corrected chi connectivity index (χ0v) is 16.9. The summed E-state index contributed by atoms with van der Waals surface area (Å²) in [6.45, 7) is 2.12. The molecule has 5 heteroatoms. The van der Waals surface area contributed by atoms with Crippen LogP contribution in [0.25, 0.3) is 11.1 Å². The van der Waals surface area contributed by atoms with Gasteiger partial charge in [-0.05, 0) is 54.5 Å². The first-order chi connectivity index (χ1) is 14.7. The minimum atomic E-state index is 0.0726. The lowest BCUT2D eigenvalue weighted by atomic mass is 9.82. The molecule has 0 unspecified atom stereocenters. The number of hydrogen-bond acceptors (Lipinski definition) is 2. The highest BCUT2D eigenvalue weighted by Gasteiger charge is 2.38. The van der Waals surface area contributed by atoms with E-state index >= 15 is 0 Å². The molecule has 2 fully saturated rings. The van der Waals surface area contributed by atoms with E-state index in [0.29, 0.717) is 25.0 Å². The van der Waals surface area contributed by atoms with Gasteiger partial charge in [-0.3, -0.25) is 9.59 Å². The summed E-state index contributed by atoms with van der Waals surface area (Å²) in [7, 11) is 0. The van der Waals surface area contributed by atoms with Crippen molar-refractivity contribution in [3.63, 3.8) is 0 Å². The second kappa shape index (κ2) is 6.73. The van der Waals surface area contributed by atoms with Crippen molar-refractivity contribution in [2.75, 3.05) is 13.1 Å². The number of pyridine rings is 1. The van der Waals surface area contributed by atoms with E-state index in [2.05, 4.69) is 10.6 Å². The molecular weight excluding hydrogens is 374 g/mol. The Hall–Kier alpha value is -3.08. The van der Waals surface area contributed by atoms with E-state index in [9.17, 15) is 9.59 Å². The van der Waals surface area contributed by atoms with Gasteiger partial charge in [0.2, 0.25) is 0 Å². The van der Waals surface area contributed by atoms with Gasteiger partial charge in [0.1, 0.15) is 5.69 Å². The minimum Gasteiger partial charge on any atom is -0.340 e. The first kappa shape index (κ1) is 17.8. The number of aromatic nitrogens is 2. The molecule has 4 heterocycles. The highest BCUT2D eigenvalue weighted by atomic mass is 16.2. The van der Waals surface area contributed by atoms with E-state index in [4.69, 9.17) is 0 Å². The summed E-state index contributed by atoms with van der Waals surface area (Å²) < 4.78 is 4.10. The summed E-state index contributed by atoms with van der Waals surface area (Å²) in [6, 6.07) is 18.4. The van der Waals surface area contributed by atoms with Crippen LogP contribution in [0.4, 0.5) is 0 Å². The summed E-state index contributed by atoms with van der Waals surface area (Å²) in [5, 5.41) is 0. The van der Waals surface area contributed by atoms with Crippen LogP contribution in [0, 0.1) is 5.92 Å². The van der Waals surface area contributed by atoms with Crippen LogP contribution < -0.4 is 5.56 Å². The fourth-order valence-corrected chi connectivity index (χ4v) is 5.33. The van der Waals surface area contributed by atoms with E-state index < -0.39 is 0 Å². The first-order valence-corrected chi connectivity index (χ1v) is 10.9. The average Bonchev–Trinajstić information content (AvgIpc) is 3.50. The van der Waals surface area contributed by atoms with Gasteiger partial charge in [0, 0.05) is 49.6 Å². The monoisotopic (exact) mass is 399 g/mol. The Labute approximate surface area is 175 Å². The topological polar surface area (TPSA) is 47.2 Å². The molecule has 2 atom stereocenters. The number of nitrogens with zero attached hydrogens (tertiary/aromatic N) is 3. The molecule has 2 bridgehead atoms. The second-order valence-electron chi connectivity index (χ2n) is 9.02. The molecule has 0 radical (unpaired) electrons. The molecule has 0 spiro atoms. The lowest BCUT2D eigenvalue weighted by Crippen LogP contribution is -2.49. The van der Waals surface area contributed by atoms with E-state index in [1.54, 1.807) is 6.07 Å². The fourth-order valence-electron chi connectivity index (χ4n) is 5.33. The van der Waals surface area contributed by atoms with Crippen molar-refractivity contribution in [2.24, 2.45) is 5.92 Å². The van der Waals surface area contributed by atoms with Gasteiger partial charge in [0.05, 0.1) is 0 Å². The van der Waals surface area contributed by atoms with Crippen molar-refractivity contribution in [1.29, 1.82) is 0 Å². The van der Waals surface area contributed by atoms with Crippen LogP contribution >= 0.6 is 0 Å². The maximum absolute atomic E-state index is 13.3. The largest absolute Gasteiger partial charge is 0.340 e. The van der Waals surface area contributed by atoms with Gasteiger partial charge in [-0.1, -0.05) is 30.3 Å². The number of fused-ring (bicyclic) bond motifs is 4. The second-order valence-corrected chi connectivity index (χ2v) is 9.02. The predicted octanol–water partition coefficient (Wildman–Crippen LogP) is 3.91. The molecule has 6 rings (SSSR count). The number of rotatable bonds is 3. The van der Waals surface area contributed by atoms with Crippen molar-refractivity contribution in [3.05, 3.63) is 82.5 Å². The standard InChI is InChI=1S/C25H25N3O2/c29-24-13-19(18-5-2-1-3-6-18)12-23-20-11-17(15-28(23)24)14-26(16-20)25(30)22-7-4-10-27(22)21-8-9-21/h1-7,10,12-13,17,20-21H,8-9,11,14-16H2/t17-,20+/m0/s1. The van der Waals surface area contributed by atoms with Crippen molar-refractivity contribution in [1.82, 2.24) is 14.0 Å². The third-order valence-electron chi connectivity index (χ3n) is 6.89. The molecule has 1 aliphatic carbocycles. The van der Waals surface area contributed by atoms with Gasteiger partial charge in [-0.25, -0.2) is 0 Å². The maximum Gasteiger partial charge on any atom is 0.270 e. The Morgan fingerprint density at radius 2 is 1.73 bits per heavy atom. The van der Waals surface area contributed by atoms with Gasteiger partial charge in [0.15, 0.2) is 0 Å². The Balaban J connectivity index is 1.33. The predicted molar refractivity (Wildman–Crippen MR) is 116 cm³/mol. The van der Waals surface area contributed by atoms with Crippen LogP contribution in [0.5, 0.6) is 0 Å². The molecule has 2 aliphatic heterocycles. The van der Waals surface area contributed by atoms with Crippen LogP contribution in [0.1, 0.15) is 47.4 Å². The van der Waals surface area contributed by atoms with Crippen LogP contribution in [0.3, 0.4) is 0 Å². The fraction of sp³-hybridized carbons (Fsp3) is 0.360. The smallest absolute Gasteiger partial charge is 0.270 e. The van der Waals surface area contributed by atoms with Crippen LogP contribution in [0.2, 0.25) is 0 Å². The highest BCUT2D eigenvalue weighted by molar-refractivity contribution is 5.93. The van der Waals surface area contributed by atoms with Crippen molar-refractivity contribution < 1.29 is 4.79 Å². The molecular formula is C25H25N3O2. The maximum atomic E-state index is 13.3. The molecule has 152 valence electrons. The molecule has 1 saturated carbocycles. The third-order valence-corrected chi connectivity index (χ3v) is 6.89. The van der Waals surface area contributed by atoms with Crippen LogP contribution in [-0.2, 0) is 6.54 Å². The number of carbonyl (C=O) groups is 1. The normalized spacial score (nSPS) is 22.6. The van der Waals surface area contributed by atoms with Crippen LogP contribution in [0.15, 0.2) is 65.6 Å². The van der Waals surface area contributed by atoms with Gasteiger partial charge in [-0.15, -0.1) is 0 Å². The molecule has 0 N–H and O–H groups in total. The van der Waals surface area contributed by atoms with Gasteiger partial charge >= 0.3 is 0 Å². The van der Waals surface area contributed by atoms with Gasteiger partial charge < -0.3 is 14.0 Å². The lowest BCUT2D eigenvalue weighted by molar-refractivity contribution is 0.0584. The van der Waals surface area contributed by atoms with Crippen molar-refractivity contribution in [2.45, 2.75) is 37.8 Å². The zero-order valence-electron chi connectivity index (χ0n) is 16.9. The number of benzene rings is 1. The molecule has 3 aliphatic rings. The Morgan fingerprint density at radius 3 is 2.53 bits per heavy atom. The number of hydrogen-bond donors (Lipinski definition) is 0. The zero-order chi connectivity index (χ0) is 20.2. The number of likely N-dealkylation sites (tertiary alicyclic amines) is 1. The van der Waals surface area contributed by atoms with E-state index in [0.717, 1.165) is 35.5 Å². The third kappa shape index (κ3) is 2.92. The molecule has 1 saturated heterocycles. The summed E-state index contributed by atoms with van der Waals surface area (Å²) >= 11 is 0. The lowest BCUT2D eigenvalue weighted by Gasteiger charge is -2.43. The molecule has 3 aromatic rings. The Kier molecular flexibility index (Phi) is 3.98. The van der Waals surface area contributed by atoms with E-state index in [1.165, 1.54) is 12.8 Å². The molecule has 1 amide bonds. The first-order valence-electron chi connectivity index (χ1n) is 10.9. The van der Waals surface area contributed by atoms with Crippen LogP contribution in [-0.4, -0.2) is 33.0 Å². The summed E-state index contributed by atoms with van der Waals surface area (Å²) in [6.07, 6.45) is 5.42. The Bertz CT molecular complexity index is 1170. The van der Waals surface area contributed by atoms with Gasteiger partial charge in [-0.2, -0.15) is 0 Å². The van der Waals surface area contributed by atoms with Gasteiger partial charge in [0.25, 0.3) is 11.5 Å². The highest BCUT2D eigenvalue weighted by Crippen LogP contribution is 2.39. The average molecular weight is 399 g/mol. The number of carbonyl (C=O) groups excluding carboxylic acids is 1. The SMILES string of the molecule is O=C(c1cccn1C1CC1)N1C[C@@H]2C[C@H](C1)c1cc(-c3ccccc3)cc(=O)n1C2. The van der Waals surface area contributed by atoms with Crippen molar-refractivity contribution >= 4 is 5.91 Å². The summed E-state index contributed by atoms with van der Waals surface area (Å²) in [4.78, 5) is 28.3. The van der Waals surface area contributed by atoms with E-state index in [-0.39, 0.29) is 17.4 Å². The number of piperidine rings is 1. The molecule has 2 aromatic heterocycles. The summed E-state index contributed by atoms with van der Waals surface area (Å²) in [5.41, 5.74) is 3.99. The molecule has 30 heavy (non-hydrogen) atoms.